The summed E-state index contributed by atoms with van der Waals surface area (Å²) in [7, 11) is 0. The van der Waals surface area contributed by atoms with Gasteiger partial charge in [0.1, 0.15) is 5.69 Å². The number of halogens is 2. The molecule has 0 bridgehead atoms. The Morgan fingerprint density at radius 1 is 0.972 bits per heavy atom. The summed E-state index contributed by atoms with van der Waals surface area (Å²) in [5.74, 6) is 2.81. The molecule has 6 heteroatoms. The van der Waals surface area contributed by atoms with E-state index in [0.717, 1.165) is 34.3 Å². The third-order valence-electron chi connectivity index (χ3n) is 8.20. The zero-order valence-corrected chi connectivity index (χ0v) is 22.6. The van der Waals surface area contributed by atoms with Crippen LogP contribution in [0.5, 0.6) is 0 Å². The fraction of sp³-hybridized carbons (Fsp3) is 0.433. The van der Waals surface area contributed by atoms with E-state index in [2.05, 4.69) is 36.2 Å². The number of fused-ring (bicyclic) bond motifs is 1. The van der Waals surface area contributed by atoms with Gasteiger partial charge in [-0.15, -0.1) is 0 Å². The Morgan fingerprint density at radius 3 is 2.25 bits per heavy atom. The van der Waals surface area contributed by atoms with Crippen LogP contribution in [0.4, 0.5) is 0 Å². The molecule has 1 aromatic heterocycles. The quantitative estimate of drug-likeness (QED) is 0.368. The van der Waals surface area contributed by atoms with Gasteiger partial charge in [-0.2, -0.15) is 5.10 Å². The third kappa shape index (κ3) is 5.22. The Morgan fingerprint density at radius 2 is 1.64 bits per heavy atom. The van der Waals surface area contributed by atoms with E-state index in [9.17, 15) is 0 Å². The van der Waals surface area contributed by atoms with E-state index in [1.807, 2.05) is 23.7 Å². The lowest BCUT2D eigenvalue weighted by Crippen LogP contribution is -2.08. The predicted molar refractivity (Wildman–Crippen MR) is 152 cm³/mol. The van der Waals surface area contributed by atoms with Crippen LogP contribution < -0.4 is 11.1 Å². The Bertz CT molecular complexity index is 1200. The average Bonchev–Trinajstić information content (AvgIpc) is 3.64. The van der Waals surface area contributed by atoms with Crippen LogP contribution in [0.25, 0.3) is 22.6 Å². The maximum absolute atomic E-state index is 6.48. The number of hydrogen-bond donors (Lipinski definition) is 2. The van der Waals surface area contributed by atoms with Gasteiger partial charge in [-0.25, -0.2) is 4.68 Å². The van der Waals surface area contributed by atoms with Gasteiger partial charge in [0.15, 0.2) is 0 Å². The fourth-order valence-electron chi connectivity index (χ4n) is 6.24. The molecule has 0 amide bonds. The molecule has 2 atom stereocenters. The van der Waals surface area contributed by atoms with Crippen molar-refractivity contribution in [3.63, 3.8) is 0 Å². The average molecular weight is 524 g/mol. The molecule has 2 unspecified atom stereocenters. The molecular weight excluding hydrogens is 487 g/mol. The first-order valence-electron chi connectivity index (χ1n) is 13.2. The molecule has 3 aliphatic rings. The van der Waals surface area contributed by atoms with E-state index >= 15 is 0 Å². The first kappa shape index (κ1) is 25.4. The summed E-state index contributed by atoms with van der Waals surface area (Å²) in [6, 6.07) is 14.2. The molecule has 190 valence electrons. The van der Waals surface area contributed by atoms with Gasteiger partial charge >= 0.3 is 0 Å². The highest BCUT2D eigenvalue weighted by molar-refractivity contribution is 6.35. The molecule has 0 radical (unpaired) electrons. The van der Waals surface area contributed by atoms with Crippen LogP contribution in [0.15, 0.2) is 49.0 Å². The summed E-state index contributed by atoms with van der Waals surface area (Å²) in [4.78, 5) is 0. The molecule has 2 heterocycles. The molecule has 1 saturated heterocycles. The van der Waals surface area contributed by atoms with Crippen molar-refractivity contribution >= 4 is 28.9 Å². The van der Waals surface area contributed by atoms with Crippen LogP contribution in [-0.2, 0) is 0 Å². The van der Waals surface area contributed by atoms with Gasteiger partial charge in [-0.05, 0) is 87.2 Å². The highest BCUT2D eigenvalue weighted by Gasteiger charge is 2.30. The van der Waals surface area contributed by atoms with Crippen LogP contribution in [0, 0.1) is 18.8 Å². The van der Waals surface area contributed by atoms with Crippen molar-refractivity contribution in [2.24, 2.45) is 17.6 Å². The van der Waals surface area contributed by atoms with Crippen molar-refractivity contribution in [2.75, 3.05) is 13.1 Å². The van der Waals surface area contributed by atoms with Crippen molar-refractivity contribution < 1.29 is 0 Å². The topological polar surface area (TPSA) is 55.9 Å². The van der Waals surface area contributed by atoms with E-state index in [0.29, 0.717) is 27.4 Å². The lowest BCUT2D eigenvalue weighted by Gasteiger charge is -2.13. The van der Waals surface area contributed by atoms with Crippen molar-refractivity contribution in [1.29, 1.82) is 0 Å². The number of hydrogen-bond acceptors (Lipinski definition) is 3. The smallest absolute Gasteiger partial charge is 0.111 e. The summed E-state index contributed by atoms with van der Waals surface area (Å²) >= 11 is 12.6. The van der Waals surface area contributed by atoms with Crippen LogP contribution in [0.3, 0.4) is 0 Å². The van der Waals surface area contributed by atoms with E-state index in [4.69, 9.17) is 34.0 Å². The standard InChI is InChI=1S/C23H23Cl2N3.C7H13N/c1-14-22(15(2)26)27-28(21-12-11-19(24)13-20(21)25)23(14)18-9-7-17(8-10-18)16-5-3-4-6-16;1-2-6-4-8-5-7(6)3-1/h7-13,16H,2-6,26H2,1H3;6-8H,1-5H2. The Balaban J connectivity index is 0.000000280. The molecule has 1 aliphatic heterocycles. The second-order valence-corrected chi connectivity index (χ2v) is 11.4. The predicted octanol–water partition coefficient (Wildman–Crippen LogP) is 7.75. The minimum absolute atomic E-state index is 0.435. The Labute approximate surface area is 224 Å². The van der Waals surface area contributed by atoms with E-state index < -0.39 is 0 Å². The molecule has 0 spiro atoms. The molecule has 3 aromatic rings. The van der Waals surface area contributed by atoms with Crippen molar-refractivity contribution in [3.8, 4) is 16.9 Å². The minimum Gasteiger partial charge on any atom is -0.397 e. The van der Waals surface area contributed by atoms with Gasteiger partial charge in [0.25, 0.3) is 0 Å². The molecule has 6 rings (SSSR count). The summed E-state index contributed by atoms with van der Waals surface area (Å²) < 4.78 is 1.84. The van der Waals surface area contributed by atoms with Crippen molar-refractivity contribution in [3.05, 3.63) is 75.9 Å². The number of nitrogens with zero attached hydrogens (tertiary/aromatic N) is 2. The molecular formula is C30H36Cl2N4. The fourth-order valence-corrected chi connectivity index (χ4v) is 6.73. The van der Waals surface area contributed by atoms with Crippen molar-refractivity contribution in [1.82, 2.24) is 15.1 Å². The maximum atomic E-state index is 6.48. The van der Waals surface area contributed by atoms with Gasteiger partial charge in [0, 0.05) is 16.1 Å². The number of aromatic nitrogens is 2. The summed E-state index contributed by atoms with van der Waals surface area (Å²) in [5.41, 5.74) is 12.3. The zero-order chi connectivity index (χ0) is 25.2. The normalized spacial score (nSPS) is 21.3. The number of rotatable bonds is 4. The zero-order valence-electron chi connectivity index (χ0n) is 21.1. The van der Waals surface area contributed by atoms with E-state index in [-0.39, 0.29) is 0 Å². The lowest BCUT2D eigenvalue weighted by atomic mass is 9.95. The highest BCUT2D eigenvalue weighted by atomic mass is 35.5. The number of nitrogens with two attached hydrogens (primary N) is 1. The van der Waals surface area contributed by atoms with Gasteiger partial charge in [0.2, 0.25) is 0 Å². The molecule has 36 heavy (non-hydrogen) atoms. The summed E-state index contributed by atoms with van der Waals surface area (Å²) in [5, 5.41) is 9.26. The lowest BCUT2D eigenvalue weighted by molar-refractivity contribution is 0.494. The number of nitrogens with one attached hydrogen (secondary N) is 1. The first-order chi connectivity index (χ1) is 17.4. The van der Waals surface area contributed by atoms with Gasteiger partial charge < -0.3 is 11.1 Å². The second-order valence-electron chi connectivity index (χ2n) is 10.6. The maximum Gasteiger partial charge on any atom is 0.111 e. The van der Waals surface area contributed by atoms with Crippen LogP contribution in [0.2, 0.25) is 10.0 Å². The van der Waals surface area contributed by atoms with Crippen LogP contribution in [-0.4, -0.2) is 22.9 Å². The molecule has 2 aromatic carbocycles. The summed E-state index contributed by atoms with van der Waals surface area (Å²) in [6.07, 6.45) is 9.72. The molecule has 2 saturated carbocycles. The molecule has 3 N–H and O–H groups in total. The SMILES string of the molecule is C1CC2CNCC2C1.C=C(N)c1nn(-c2ccc(Cl)cc2Cl)c(-c2ccc(C3CCCC3)cc2)c1C. The number of benzene rings is 2. The van der Waals surface area contributed by atoms with Gasteiger partial charge in [0.05, 0.1) is 22.1 Å². The monoisotopic (exact) mass is 522 g/mol. The van der Waals surface area contributed by atoms with Crippen molar-refractivity contribution in [2.45, 2.75) is 57.8 Å². The first-order valence-corrected chi connectivity index (χ1v) is 14.0. The highest BCUT2D eigenvalue weighted by Crippen LogP contribution is 2.37. The third-order valence-corrected chi connectivity index (χ3v) is 8.74. The van der Waals surface area contributed by atoms with Crippen LogP contribution in [0.1, 0.15) is 67.7 Å². The van der Waals surface area contributed by atoms with E-state index in [1.165, 1.54) is 63.6 Å². The largest absolute Gasteiger partial charge is 0.397 e. The van der Waals surface area contributed by atoms with Crippen LogP contribution >= 0.6 is 23.2 Å². The van der Waals surface area contributed by atoms with E-state index in [1.54, 1.807) is 6.07 Å². The molecule has 4 nitrogen and oxygen atoms in total. The minimum atomic E-state index is 0.435. The summed E-state index contributed by atoms with van der Waals surface area (Å²) in [6.45, 7) is 8.51. The Hall–Kier alpha value is -2.27. The Kier molecular flexibility index (Phi) is 7.76. The molecule has 3 fully saturated rings. The molecule has 2 aliphatic carbocycles. The van der Waals surface area contributed by atoms with Gasteiger partial charge in [-0.3, -0.25) is 0 Å². The second kappa shape index (κ2) is 11.0. The van der Waals surface area contributed by atoms with Gasteiger partial charge in [-0.1, -0.05) is 73.3 Å².